The Morgan fingerprint density at radius 1 is 1.05 bits per heavy atom. The Balaban J connectivity index is 4.28. The molecule has 0 bridgehead atoms. The summed E-state index contributed by atoms with van der Waals surface area (Å²) < 4.78 is 26.6. The minimum atomic E-state index is -3.13. The van der Waals surface area contributed by atoms with E-state index >= 15 is 0 Å². The van der Waals surface area contributed by atoms with Gasteiger partial charge in [-0.25, -0.2) is 12.7 Å². The number of sulfonamides is 1. The van der Waals surface area contributed by atoms with Crippen molar-refractivity contribution in [1.29, 1.82) is 0 Å². The second-order valence-electron chi connectivity index (χ2n) is 6.33. The van der Waals surface area contributed by atoms with Crippen LogP contribution in [0.5, 0.6) is 0 Å². The van der Waals surface area contributed by atoms with Gasteiger partial charge in [0.25, 0.3) is 0 Å². The zero-order valence-electron chi connectivity index (χ0n) is 14.6. The van der Waals surface area contributed by atoms with Crippen LogP contribution < -0.4 is 5.32 Å². The fourth-order valence-corrected chi connectivity index (χ4v) is 3.74. The maximum atomic E-state index is 12.5. The molecule has 0 saturated heterocycles. The summed E-state index contributed by atoms with van der Waals surface area (Å²) in [5.74, 6) is 0.620. The van der Waals surface area contributed by atoms with Crippen molar-refractivity contribution in [3.63, 3.8) is 0 Å². The highest BCUT2D eigenvalue weighted by atomic mass is 32.2. The van der Waals surface area contributed by atoms with E-state index < -0.39 is 10.0 Å². The highest BCUT2D eigenvalue weighted by Crippen LogP contribution is 2.08. The Morgan fingerprint density at radius 3 is 2.24 bits per heavy atom. The van der Waals surface area contributed by atoms with Gasteiger partial charge in [-0.3, -0.25) is 0 Å². The molecule has 0 aromatic rings. The van der Waals surface area contributed by atoms with Gasteiger partial charge in [-0.1, -0.05) is 20.8 Å². The molecule has 1 N–H and O–H groups in total. The van der Waals surface area contributed by atoms with E-state index in [0.29, 0.717) is 19.0 Å². The van der Waals surface area contributed by atoms with Gasteiger partial charge in [0, 0.05) is 19.6 Å². The van der Waals surface area contributed by atoms with Gasteiger partial charge in [0.2, 0.25) is 10.0 Å². The van der Waals surface area contributed by atoms with Gasteiger partial charge >= 0.3 is 0 Å². The zero-order chi connectivity index (χ0) is 16.3. The summed E-state index contributed by atoms with van der Waals surface area (Å²) in [4.78, 5) is 2.03. The molecule has 0 radical (unpaired) electrons. The quantitative estimate of drug-likeness (QED) is 0.524. The normalized spacial score (nSPS) is 12.8. The van der Waals surface area contributed by atoms with Gasteiger partial charge in [0.1, 0.15) is 0 Å². The van der Waals surface area contributed by atoms with Crippen molar-refractivity contribution in [3.05, 3.63) is 0 Å². The molecule has 0 heterocycles. The second-order valence-corrected chi connectivity index (χ2v) is 8.42. The van der Waals surface area contributed by atoms with E-state index in [1.54, 1.807) is 4.31 Å². The molecule has 0 unspecified atom stereocenters. The predicted molar refractivity (Wildman–Crippen MR) is 91.1 cm³/mol. The van der Waals surface area contributed by atoms with E-state index in [-0.39, 0.29) is 5.75 Å². The predicted octanol–water partition coefficient (Wildman–Crippen LogP) is 1.62. The van der Waals surface area contributed by atoms with Gasteiger partial charge in [0.15, 0.2) is 0 Å². The molecule has 0 atom stereocenters. The molecule has 5 nitrogen and oxygen atoms in total. The SMILES string of the molecule is CCCNCCCCS(=O)(=O)N(CCN(C)C)CC(C)C. The molecule has 0 saturated carbocycles. The largest absolute Gasteiger partial charge is 0.317 e. The maximum absolute atomic E-state index is 12.5. The van der Waals surface area contributed by atoms with Crippen LogP contribution in [0.25, 0.3) is 0 Å². The Labute approximate surface area is 132 Å². The number of nitrogens with one attached hydrogen (secondary N) is 1. The second kappa shape index (κ2) is 11.4. The monoisotopic (exact) mass is 321 g/mol. The molecule has 0 rings (SSSR count). The molecule has 0 aliphatic heterocycles. The highest BCUT2D eigenvalue weighted by molar-refractivity contribution is 7.89. The van der Waals surface area contributed by atoms with Crippen molar-refractivity contribution < 1.29 is 8.42 Å². The Kier molecular flexibility index (Phi) is 11.3. The van der Waals surface area contributed by atoms with E-state index in [1.807, 2.05) is 19.0 Å². The summed E-state index contributed by atoms with van der Waals surface area (Å²) in [7, 11) is 0.817. The van der Waals surface area contributed by atoms with Crippen LogP contribution in [0.15, 0.2) is 0 Å². The van der Waals surface area contributed by atoms with Crippen molar-refractivity contribution in [2.24, 2.45) is 5.92 Å². The van der Waals surface area contributed by atoms with Crippen LogP contribution in [0.2, 0.25) is 0 Å². The van der Waals surface area contributed by atoms with Crippen molar-refractivity contribution in [3.8, 4) is 0 Å². The summed E-state index contributed by atoms with van der Waals surface area (Å²) in [6, 6.07) is 0. The van der Waals surface area contributed by atoms with Crippen LogP contribution in [0.1, 0.15) is 40.0 Å². The lowest BCUT2D eigenvalue weighted by Gasteiger charge is -2.25. The fourth-order valence-electron chi connectivity index (χ4n) is 2.03. The zero-order valence-corrected chi connectivity index (χ0v) is 15.4. The molecule has 0 fully saturated rings. The lowest BCUT2D eigenvalue weighted by Crippen LogP contribution is -2.40. The van der Waals surface area contributed by atoms with Gasteiger partial charge in [-0.15, -0.1) is 0 Å². The molecule has 0 amide bonds. The van der Waals surface area contributed by atoms with Crippen molar-refractivity contribution in [2.45, 2.75) is 40.0 Å². The van der Waals surface area contributed by atoms with E-state index in [0.717, 1.165) is 38.9 Å². The van der Waals surface area contributed by atoms with Gasteiger partial charge in [-0.2, -0.15) is 0 Å². The lowest BCUT2D eigenvalue weighted by atomic mass is 10.2. The Hall–Kier alpha value is -0.170. The van der Waals surface area contributed by atoms with Crippen LogP contribution in [0.3, 0.4) is 0 Å². The van der Waals surface area contributed by atoms with Crippen molar-refractivity contribution >= 4 is 10.0 Å². The molecule has 6 heteroatoms. The van der Waals surface area contributed by atoms with Crippen LogP contribution in [0, 0.1) is 5.92 Å². The van der Waals surface area contributed by atoms with Gasteiger partial charge in [-0.05, 0) is 52.4 Å². The highest BCUT2D eigenvalue weighted by Gasteiger charge is 2.22. The number of hydrogen-bond donors (Lipinski definition) is 1. The smallest absolute Gasteiger partial charge is 0.214 e. The lowest BCUT2D eigenvalue weighted by molar-refractivity contribution is 0.312. The molecule has 128 valence electrons. The maximum Gasteiger partial charge on any atom is 0.214 e. The van der Waals surface area contributed by atoms with E-state index in [4.69, 9.17) is 0 Å². The van der Waals surface area contributed by atoms with Crippen LogP contribution in [0.4, 0.5) is 0 Å². The summed E-state index contributed by atoms with van der Waals surface area (Å²) in [5, 5.41) is 3.31. The number of nitrogens with zero attached hydrogens (tertiary/aromatic N) is 2. The molecule has 21 heavy (non-hydrogen) atoms. The molecule has 0 aromatic carbocycles. The molecule has 0 spiro atoms. The average Bonchev–Trinajstić information content (AvgIpc) is 2.37. The number of rotatable bonds is 13. The third-order valence-corrected chi connectivity index (χ3v) is 5.11. The topological polar surface area (TPSA) is 52.7 Å². The summed E-state index contributed by atoms with van der Waals surface area (Å²) >= 11 is 0. The third-order valence-electron chi connectivity index (χ3n) is 3.19. The molecular weight excluding hydrogens is 286 g/mol. The minimum absolute atomic E-state index is 0.265. The van der Waals surface area contributed by atoms with Crippen LogP contribution in [-0.2, 0) is 10.0 Å². The molecule has 0 aromatic heterocycles. The Bertz CT molecular complexity index is 343. The third kappa shape index (κ3) is 11.1. The summed E-state index contributed by atoms with van der Waals surface area (Å²) in [5.41, 5.74) is 0. The standard InChI is InChI=1S/C15H35N3O2S/c1-6-9-16-10-7-8-13-21(19,20)18(14-15(2)3)12-11-17(4)5/h15-16H,6-14H2,1-5H3. The van der Waals surface area contributed by atoms with E-state index in [9.17, 15) is 8.42 Å². The minimum Gasteiger partial charge on any atom is -0.317 e. The van der Waals surface area contributed by atoms with Gasteiger partial charge in [0.05, 0.1) is 5.75 Å². The Morgan fingerprint density at radius 2 is 1.71 bits per heavy atom. The van der Waals surface area contributed by atoms with Crippen molar-refractivity contribution in [2.75, 3.05) is 52.6 Å². The van der Waals surface area contributed by atoms with Crippen molar-refractivity contribution in [1.82, 2.24) is 14.5 Å². The van der Waals surface area contributed by atoms with E-state index in [2.05, 4.69) is 26.1 Å². The first-order chi connectivity index (χ1) is 9.79. The summed E-state index contributed by atoms with van der Waals surface area (Å²) in [6.45, 7) is 10.1. The fraction of sp³-hybridized carbons (Fsp3) is 1.00. The molecular formula is C15H35N3O2S. The number of unbranched alkanes of at least 4 members (excludes halogenated alkanes) is 1. The van der Waals surface area contributed by atoms with Gasteiger partial charge < -0.3 is 10.2 Å². The van der Waals surface area contributed by atoms with Crippen LogP contribution >= 0.6 is 0 Å². The van der Waals surface area contributed by atoms with E-state index in [1.165, 1.54) is 0 Å². The first-order valence-corrected chi connectivity index (χ1v) is 9.73. The summed E-state index contributed by atoms with van der Waals surface area (Å²) in [6.07, 6.45) is 2.77. The molecule has 0 aliphatic rings. The van der Waals surface area contributed by atoms with Crippen LogP contribution in [-0.4, -0.2) is 70.2 Å². The molecule has 0 aliphatic carbocycles. The first kappa shape index (κ1) is 20.8. The number of likely N-dealkylation sites (N-methyl/N-ethyl adjacent to an activating group) is 1. The number of hydrogen-bond acceptors (Lipinski definition) is 4. The first-order valence-electron chi connectivity index (χ1n) is 8.12. The average molecular weight is 322 g/mol.